The molecule has 1 fully saturated rings. The molecule has 1 saturated heterocycles. The quantitative estimate of drug-likeness (QED) is 0.656. The molecule has 1 aromatic rings. The molecule has 2 heterocycles. The number of ether oxygens (including phenoxy) is 1. The van der Waals surface area contributed by atoms with E-state index in [1.165, 1.54) is 0 Å². The number of tetrazole rings is 1. The van der Waals surface area contributed by atoms with Crippen LogP contribution in [0.1, 0.15) is 25.1 Å². The van der Waals surface area contributed by atoms with Crippen molar-refractivity contribution in [3.8, 4) is 0 Å². The Hall–Kier alpha value is -0.970. The van der Waals surface area contributed by atoms with Gasteiger partial charge in [-0.1, -0.05) is 12.1 Å². The summed E-state index contributed by atoms with van der Waals surface area (Å²) in [6, 6.07) is 0. The van der Waals surface area contributed by atoms with Crippen LogP contribution < -0.4 is 0 Å². The molecule has 1 N–H and O–H groups in total. The Morgan fingerprint density at radius 1 is 1.58 bits per heavy atom. The normalized spacial score (nSPS) is 30.4. The highest BCUT2D eigenvalue weighted by Crippen LogP contribution is 2.28. The molecule has 2 unspecified atom stereocenters. The molecule has 1 aromatic heterocycles. The van der Waals surface area contributed by atoms with Gasteiger partial charge in [0.15, 0.2) is 5.82 Å². The standard InChI is InChI=1S/C7H12N4O/c1-5-4-12-3-2-6(5)7-8-10-11-9-7/h5-6H,2-4H2,1H3,(H,8,9,10,11). The Kier molecular flexibility index (Phi) is 2.03. The van der Waals surface area contributed by atoms with Crippen LogP contribution in [-0.2, 0) is 4.74 Å². The van der Waals surface area contributed by atoms with E-state index in [2.05, 4.69) is 27.5 Å². The number of hydrogen-bond acceptors (Lipinski definition) is 4. The number of hydrogen-bond donors (Lipinski definition) is 1. The predicted octanol–water partition coefficient (Wildman–Crippen LogP) is 0.340. The van der Waals surface area contributed by atoms with Crippen molar-refractivity contribution in [2.45, 2.75) is 19.3 Å². The maximum atomic E-state index is 5.32. The summed E-state index contributed by atoms with van der Waals surface area (Å²) in [6.07, 6.45) is 1.00. The Bertz CT molecular complexity index is 236. The number of aromatic nitrogens is 4. The second-order valence-electron chi connectivity index (χ2n) is 3.22. The van der Waals surface area contributed by atoms with Gasteiger partial charge in [0, 0.05) is 19.1 Å². The van der Waals surface area contributed by atoms with Crippen LogP contribution >= 0.6 is 0 Å². The third-order valence-electron chi connectivity index (χ3n) is 2.33. The first-order valence-corrected chi connectivity index (χ1v) is 4.19. The lowest BCUT2D eigenvalue weighted by atomic mass is 9.89. The number of rotatable bonds is 1. The molecule has 5 heteroatoms. The van der Waals surface area contributed by atoms with E-state index >= 15 is 0 Å². The third-order valence-corrected chi connectivity index (χ3v) is 2.33. The summed E-state index contributed by atoms with van der Waals surface area (Å²) in [5.74, 6) is 1.74. The molecule has 0 aliphatic carbocycles. The summed E-state index contributed by atoms with van der Waals surface area (Å²) in [4.78, 5) is 0. The molecule has 2 rings (SSSR count). The van der Waals surface area contributed by atoms with E-state index in [9.17, 15) is 0 Å². The number of H-pyrrole nitrogens is 1. The first-order valence-electron chi connectivity index (χ1n) is 4.19. The Labute approximate surface area is 70.5 Å². The van der Waals surface area contributed by atoms with Crippen molar-refractivity contribution < 1.29 is 4.74 Å². The molecule has 2 atom stereocenters. The lowest BCUT2D eigenvalue weighted by Gasteiger charge is -2.25. The highest BCUT2D eigenvalue weighted by Gasteiger charge is 2.26. The zero-order valence-corrected chi connectivity index (χ0v) is 7.03. The van der Waals surface area contributed by atoms with E-state index < -0.39 is 0 Å². The molecule has 5 nitrogen and oxygen atoms in total. The molecule has 66 valence electrons. The lowest BCUT2D eigenvalue weighted by Crippen LogP contribution is -2.24. The van der Waals surface area contributed by atoms with E-state index in [-0.39, 0.29) is 0 Å². The SMILES string of the molecule is CC1COCCC1c1nn[nH]n1. The second-order valence-corrected chi connectivity index (χ2v) is 3.22. The minimum atomic E-state index is 0.414. The first kappa shape index (κ1) is 7.67. The minimum Gasteiger partial charge on any atom is -0.381 e. The molecule has 12 heavy (non-hydrogen) atoms. The van der Waals surface area contributed by atoms with Crippen molar-refractivity contribution in [3.05, 3.63) is 5.82 Å². The Morgan fingerprint density at radius 2 is 2.50 bits per heavy atom. The van der Waals surface area contributed by atoms with Gasteiger partial charge in [-0.2, -0.15) is 5.21 Å². The summed E-state index contributed by atoms with van der Waals surface area (Å²) >= 11 is 0. The average molecular weight is 168 g/mol. The zero-order chi connectivity index (χ0) is 8.39. The molecule has 1 aliphatic heterocycles. The van der Waals surface area contributed by atoms with Crippen LogP contribution in [0.4, 0.5) is 0 Å². The van der Waals surface area contributed by atoms with Crippen molar-refractivity contribution in [1.29, 1.82) is 0 Å². The highest BCUT2D eigenvalue weighted by molar-refractivity contribution is 4.94. The Morgan fingerprint density at radius 3 is 3.17 bits per heavy atom. The molecule has 0 saturated carbocycles. The topological polar surface area (TPSA) is 63.7 Å². The van der Waals surface area contributed by atoms with Gasteiger partial charge in [-0.05, 0) is 12.3 Å². The lowest BCUT2D eigenvalue weighted by molar-refractivity contribution is 0.0452. The van der Waals surface area contributed by atoms with E-state index in [0.717, 1.165) is 25.5 Å². The number of aromatic amines is 1. The van der Waals surface area contributed by atoms with Gasteiger partial charge in [0.25, 0.3) is 0 Å². The van der Waals surface area contributed by atoms with Gasteiger partial charge in [0.2, 0.25) is 0 Å². The zero-order valence-electron chi connectivity index (χ0n) is 7.03. The Balaban J connectivity index is 2.11. The highest BCUT2D eigenvalue weighted by atomic mass is 16.5. The fourth-order valence-electron chi connectivity index (χ4n) is 1.59. The van der Waals surface area contributed by atoms with Crippen LogP contribution in [0.2, 0.25) is 0 Å². The molecular formula is C7H12N4O. The monoisotopic (exact) mass is 168 g/mol. The van der Waals surface area contributed by atoms with Crippen LogP contribution in [0.15, 0.2) is 0 Å². The van der Waals surface area contributed by atoms with Crippen molar-refractivity contribution in [2.24, 2.45) is 5.92 Å². The maximum Gasteiger partial charge on any atom is 0.178 e. The van der Waals surface area contributed by atoms with Crippen LogP contribution in [0.5, 0.6) is 0 Å². The molecule has 0 aromatic carbocycles. The van der Waals surface area contributed by atoms with E-state index in [1.54, 1.807) is 0 Å². The summed E-state index contributed by atoms with van der Waals surface area (Å²) in [7, 11) is 0. The number of nitrogens with zero attached hydrogens (tertiary/aromatic N) is 3. The van der Waals surface area contributed by atoms with Crippen molar-refractivity contribution in [3.63, 3.8) is 0 Å². The summed E-state index contributed by atoms with van der Waals surface area (Å²) in [5, 5.41) is 14.0. The van der Waals surface area contributed by atoms with Crippen LogP contribution in [0.25, 0.3) is 0 Å². The van der Waals surface area contributed by atoms with Gasteiger partial charge < -0.3 is 4.74 Å². The average Bonchev–Trinajstić information content (AvgIpc) is 2.57. The predicted molar refractivity (Wildman–Crippen MR) is 41.5 cm³/mol. The maximum absolute atomic E-state index is 5.32. The van der Waals surface area contributed by atoms with Crippen LogP contribution in [0, 0.1) is 5.92 Å². The molecule has 0 radical (unpaired) electrons. The van der Waals surface area contributed by atoms with Gasteiger partial charge in [-0.25, -0.2) is 0 Å². The molecule has 0 spiro atoms. The van der Waals surface area contributed by atoms with Crippen molar-refractivity contribution in [1.82, 2.24) is 20.6 Å². The van der Waals surface area contributed by atoms with Gasteiger partial charge in [-0.3, -0.25) is 0 Å². The second kappa shape index (κ2) is 3.18. The largest absolute Gasteiger partial charge is 0.381 e. The fourth-order valence-corrected chi connectivity index (χ4v) is 1.59. The summed E-state index contributed by atoms with van der Waals surface area (Å²) in [5.41, 5.74) is 0. The summed E-state index contributed by atoms with van der Waals surface area (Å²) < 4.78 is 5.32. The third kappa shape index (κ3) is 1.32. The molecule has 0 amide bonds. The van der Waals surface area contributed by atoms with Crippen molar-refractivity contribution >= 4 is 0 Å². The smallest absolute Gasteiger partial charge is 0.178 e. The van der Waals surface area contributed by atoms with E-state index in [4.69, 9.17) is 4.74 Å². The van der Waals surface area contributed by atoms with Crippen LogP contribution in [-0.4, -0.2) is 33.8 Å². The van der Waals surface area contributed by atoms with Gasteiger partial charge in [0.05, 0.1) is 0 Å². The first-order chi connectivity index (χ1) is 5.88. The number of nitrogens with one attached hydrogen (secondary N) is 1. The van der Waals surface area contributed by atoms with Gasteiger partial charge in [-0.15, -0.1) is 10.2 Å². The molecule has 0 bridgehead atoms. The molecule has 1 aliphatic rings. The summed E-state index contributed by atoms with van der Waals surface area (Å²) in [6.45, 7) is 3.77. The van der Waals surface area contributed by atoms with Crippen LogP contribution in [0.3, 0.4) is 0 Å². The van der Waals surface area contributed by atoms with Gasteiger partial charge in [0.1, 0.15) is 0 Å². The van der Waals surface area contributed by atoms with E-state index in [0.29, 0.717) is 11.8 Å². The fraction of sp³-hybridized carbons (Fsp3) is 0.857. The minimum absolute atomic E-state index is 0.414. The van der Waals surface area contributed by atoms with E-state index in [1.807, 2.05) is 0 Å². The molecular weight excluding hydrogens is 156 g/mol. The van der Waals surface area contributed by atoms with Crippen molar-refractivity contribution in [2.75, 3.05) is 13.2 Å². The van der Waals surface area contributed by atoms with Gasteiger partial charge >= 0.3 is 0 Å².